The summed E-state index contributed by atoms with van der Waals surface area (Å²) in [5.74, 6) is 1.09. The van der Waals surface area contributed by atoms with Crippen molar-refractivity contribution >= 4 is 17.1 Å². The Labute approximate surface area is 138 Å². The molecule has 8 heteroatoms. The first kappa shape index (κ1) is 15.9. The Morgan fingerprint density at radius 3 is 2.58 bits per heavy atom. The van der Waals surface area contributed by atoms with Crippen LogP contribution >= 0.6 is 0 Å². The predicted octanol–water partition coefficient (Wildman–Crippen LogP) is 1.44. The SMILES string of the molecule is CCOc1nc(N)nc2ncc(-c3ccc(OCCO)cc3)nc12. The highest BCUT2D eigenvalue weighted by Crippen LogP contribution is 2.25. The largest absolute Gasteiger partial charge is 0.491 e. The van der Waals surface area contributed by atoms with E-state index >= 15 is 0 Å². The summed E-state index contributed by atoms with van der Waals surface area (Å²) in [6.45, 7) is 2.52. The van der Waals surface area contributed by atoms with E-state index in [9.17, 15) is 0 Å². The van der Waals surface area contributed by atoms with Crippen molar-refractivity contribution in [2.24, 2.45) is 0 Å². The summed E-state index contributed by atoms with van der Waals surface area (Å²) in [4.78, 5) is 17.0. The fourth-order valence-electron chi connectivity index (χ4n) is 2.16. The highest BCUT2D eigenvalue weighted by Gasteiger charge is 2.12. The van der Waals surface area contributed by atoms with Gasteiger partial charge in [0.2, 0.25) is 11.8 Å². The van der Waals surface area contributed by atoms with Gasteiger partial charge in [-0.3, -0.25) is 0 Å². The van der Waals surface area contributed by atoms with Crippen LogP contribution in [0, 0.1) is 0 Å². The molecule has 0 fully saturated rings. The third-order valence-corrected chi connectivity index (χ3v) is 3.18. The second-order valence-electron chi connectivity index (χ2n) is 4.84. The number of aromatic nitrogens is 4. The second kappa shape index (κ2) is 7.05. The van der Waals surface area contributed by atoms with Crippen molar-refractivity contribution < 1.29 is 14.6 Å². The van der Waals surface area contributed by atoms with Crippen molar-refractivity contribution in [3.63, 3.8) is 0 Å². The van der Waals surface area contributed by atoms with Crippen LogP contribution in [0.3, 0.4) is 0 Å². The first-order valence-corrected chi connectivity index (χ1v) is 7.48. The number of ether oxygens (including phenoxy) is 2. The number of nitrogens with zero attached hydrogens (tertiary/aromatic N) is 4. The number of aliphatic hydroxyl groups excluding tert-OH is 1. The zero-order valence-corrected chi connectivity index (χ0v) is 13.1. The molecule has 2 aromatic heterocycles. The molecule has 24 heavy (non-hydrogen) atoms. The van der Waals surface area contributed by atoms with Crippen LogP contribution in [0.1, 0.15) is 6.92 Å². The summed E-state index contributed by atoms with van der Waals surface area (Å²) in [7, 11) is 0. The maximum absolute atomic E-state index is 8.77. The van der Waals surface area contributed by atoms with Gasteiger partial charge in [0.05, 0.1) is 25.1 Å². The van der Waals surface area contributed by atoms with Gasteiger partial charge in [0.1, 0.15) is 12.4 Å². The van der Waals surface area contributed by atoms with E-state index in [0.717, 1.165) is 5.56 Å². The van der Waals surface area contributed by atoms with Crippen molar-refractivity contribution in [3.8, 4) is 22.9 Å². The molecule has 0 saturated heterocycles. The summed E-state index contributed by atoms with van der Waals surface area (Å²) in [6, 6.07) is 7.34. The predicted molar refractivity (Wildman–Crippen MR) is 88.7 cm³/mol. The second-order valence-corrected chi connectivity index (χ2v) is 4.84. The average Bonchev–Trinajstić information content (AvgIpc) is 2.60. The molecule has 0 saturated carbocycles. The Hall–Kier alpha value is -3.00. The van der Waals surface area contributed by atoms with Crippen molar-refractivity contribution in [2.75, 3.05) is 25.6 Å². The molecule has 0 amide bonds. The van der Waals surface area contributed by atoms with Crippen LogP contribution in [0.4, 0.5) is 5.95 Å². The molecular weight excluding hydrogens is 310 g/mol. The van der Waals surface area contributed by atoms with Crippen molar-refractivity contribution in [2.45, 2.75) is 6.92 Å². The van der Waals surface area contributed by atoms with Gasteiger partial charge in [-0.15, -0.1) is 0 Å². The van der Waals surface area contributed by atoms with Crippen LogP contribution in [0.5, 0.6) is 11.6 Å². The summed E-state index contributed by atoms with van der Waals surface area (Å²) in [5, 5.41) is 8.77. The Bertz CT molecular complexity index is 839. The van der Waals surface area contributed by atoms with Crippen LogP contribution in [-0.2, 0) is 0 Å². The van der Waals surface area contributed by atoms with Gasteiger partial charge in [-0.2, -0.15) is 9.97 Å². The van der Waals surface area contributed by atoms with E-state index in [1.807, 2.05) is 19.1 Å². The van der Waals surface area contributed by atoms with Crippen LogP contribution < -0.4 is 15.2 Å². The number of benzene rings is 1. The number of hydrogen-bond acceptors (Lipinski definition) is 8. The summed E-state index contributed by atoms with van der Waals surface area (Å²) in [6.07, 6.45) is 1.62. The molecule has 3 rings (SSSR count). The minimum atomic E-state index is -0.0265. The van der Waals surface area contributed by atoms with Crippen molar-refractivity contribution in [1.29, 1.82) is 0 Å². The normalized spacial score (nSPS) is 10.8. The quantitative estimate of drug-likeness (QED) is 0.698. The molecule has 1 aromatic carbocycles. The van der Waals surface area contributed by atoms with Crippen LogP contribution in [0.15, 0.2) is 30.5 Å². The lowest BCUT2D eigenvalue weighted by Gasteiger charge is -2.08. The van der Waals surface area contributed by atoms with Crippen LogP contribution in [0.2, 0.25) is 0 Å². The van der Waals surface area contributed by atoms with Gasteiger partial charge < -0.3 is 20.3 Å². The van der Waals surface area contributed by atoms with E-state index < -0.39 is 0 Å². The highest BCUT2D eigenvalue weighted by atomic mass is 16.5. The molecule has 8 nitrogen and oxygen atoms in total. The maximum atomic E-state index is 8.77. The highest BCUT2D eigenvalue weighted by molar-refractivity contribution is 5.79. The van der Waals surface area contributed by atoms with Gasteiger partial charge >= 0.3 is 0 Å². The smallest absolute Gasteiger partial charge is 0.247 e. The molecule has 0 aliphatic heterocycles. The Morgan fingerprint density at radius 1 is 1.08 bits per heavy atom. The number of hydrogen-bond donors (Lipinski definition) is 2. The van der Waals surface area contributed by atoms with E-state index in [2.05, 4.69) is 19.9 Å². The average molecular weight is 327 g/mol. The van der Waals surface area contributed by atoms with Crippen molar-refractivity contribution in [3.05, 3.63) is 30.5 Å². The van der Waals surface area contributed by atoms with E-state index in [1.165, 1.54) is 0 Å². The van der Waals surface area contributed by atoms with E-state index in [0.29, 0.717) is 35.1 Å². The lowest BCUT2D eigenvalue weighted by Crippen LogP contribution is -2.04. The minimum Gasteiger partial charge on any atom is -0.491 e. The van der Waals surface area contributed by atoms with Gasteiger partial charge in [0, 0.05) is 5.56 Å². The molecule has 3 aromatic rings. The van der Waals surface area contributed by atoms with E-state index in [4.69, 9.17) is 20.3 Å². The van der Waals surface area contributed by atoms with Gasteiger partial charge in [-0.1, -0.05) is 0 Å². The third kappa shape index (κ3) is 3.33. The number of nitrogens with two attached hydrogens (primary N) is 1. The fourth-order valence-corrected chi connectivity index (χ4v) is 2.16. The number of fused-ring (bicyclic) bond motifs is 1. The lowest BCUT2D eigenvalue weighted by molar-refractivity contribution is 0.201. The summed E-state index contributed by atoms with van der Waals surface area (Å²) in [5.41, 5.74) is 8.03. The van der Waals surface area contributed by atoms with Gasteiger partial charge in [0.15, 0.2) is 11.2 Å². The molecule has 0 radical (unpaired) electrons. The molecule has 0 atom stereocenters. The molecule has 124 valence electrons. The van der Waals surface area contributed by atoms with Crippen LogP contribution in [0.25, 0.3) is 22.4 Å². The zero-order chi connectivity index (χ0) is 16.9. The monoisotopic (exact) mass is 327 g/mol. The molecule has 0 spiro atoms. The molecule has 0 aliphatic carbocycles. The van der Waals surface area contributed by atoms with Gasteiger partial charge in [0.25, 0.3) is 0 Å². The van der Waals surface area contributed by atoms with Crippen LogP contribution in [-0.4, -0.2) is 44.9 Å². The Kier molecular flexibility index (Phi) is 4.66. The van der Waals surface area contributed by atoms with Crippen molar-refractivity contribution in [1.82, 2.24) is 19.9 Å². The standard InChI is InChI=1S/C16H17N5O3/c1-2-23-15-13-14(20-16(17)21-15)18-9-12(19-13)10-3-5-11(6-4-10)24-8-7-22/h3-6,9,22H,2,7-8H2,1H3,(H2,17,18,20,21). The Balaban J connectivity index is 1.97. The molecule has 0 bridgehead atoms. The molecule has 3 N–H and O–H groups in total. The topological polar surface area (TPSA) is 116 Å². The first-order valence-electron chi connectivity index (χ1n) is 7.48. The first-order chi connectivity index (χ1) is 11.7. The Morgan fingerprint density at radius 2 is 1.88 bits per heavy atom. The fraction of sp³-hybridized carbons (Fsp3) is 0.250. The van der Waals surface area contributed by atoms with Gasteiger partial charge in [-0.25, -0.2) is 9.97 Å². The van der Waals surface area contributed by atoms with E-state index in [-0.39, 0.29) is 19.2 Å². The molecule has 0 aliphatic rings. The zero-order valence-electron chi connectivity index (χ0n) is 13.1. The lowest BCUT2D eigenvalue weighted by atomic mass is 10.1. The number of aliphatic hydroxyl groups is 1. The number of rotatable bonds is 6. The summed E-state index contributed by atoms with van der Waals surface area (Å²) < 4.78 is 10.8. The minimum absolute atomic E-state index is 0.0265. The number of nitrogen functional groups attached to an aromatic ring is 1. The maximum Gasteiger partial charge on any atom is 0.247 e. The molecule has 2 heterocycles. The molecular formula is C16H17N5O3. The molecule has 0 unspecified atom stereocenters. The summed E-state index contributed by atoms with van der Waals surface area (Å²) >= 11 is 0. The third-order valence-electron chi connectivity index (χ3n) is 3.18. The van der Waals surface area contributed by atoms with Gasteiger partial charge in [-0.05, 0) is 31.2 Å². The van der Waals surface area contributed by atoms with E-state index in [1.54, 1.807) is 18.3 Å². The number of anilines is 1.